The summed E-state index contributed by atoms with van der Waals surface area (Å²) in [6.45, 7) is 3.58. The number of aromatic nitrogens is 4. The molecule has 0 fully saturated rings. The lowest BCUT2D eigenvalue weighted by atomic mass is 10.6. The van der Waals surface area contributed by atoms with E-state index in [0.29, 0.717) is 5.65 Å². The Kier molecular flexibility index (Phi) is 1.18. The Morgan fingerprint density at radius 3 is 3.18 bits per heavy atom. The van der Waals surface area contributed by atoms with E-state index in [2.05, 4.69) is 26.5 Å². The second-order valence-electron chi connectivity index (χ2n) is 2.09. The van der Waals surface area contributed by atoms with Gasteiger partial charge in [0.25, 0.3) is 0 Å². The average molecular weight is 146 g/mol. The van der Waals surface area contributed by atoms with Crippen molar-refractivity contribution in [3.05, 3.63) is 24.9 Å². The third-order valence-electron chi connectivity index (χ3n) is 1.37. The van der Waals surface area contributed by atoms with Gasteiger partial charge >= 0.3 is 0 Å². The standard InChI is InChI=1S/C7H6N4/c1-2-6-10-5-3-8-4-9-7(5)11-6/h2-4H,1H2,(H,8,9,10,11). The van der Waals surface area contributed by atoms with Crippen LogP contribution in [0.3, 0.4) is 0 Å². The van der Waals surface area contributed by atoms with Gasteiger partial charge in [-0.1, -0.05) is 6.58 Å². The fourth-order valence-corrected chi connectivity index (χ4v) is 0.877. The second-order valence-corrected chi connectivity index (χ2v) is 2.09. The van der Waals surface area contributed by atoms with Gasteiger partial charge in [-0.15, -0.1) is 0 Å². The van der Waals surface area contributed by atoms with E-state index in [4.69, 9.17) is 0 Å². The van der Waals surface area contributed by atoms with Crippen molar-refractivity contribution in [1.82, 2.24) is 19.9 Å². The summed E-state index contributed by atoms with van der Waals surface area (Å²) in [4.78, 5) is 14.9. The Morgan fingerprint density at radius 2 is 2.45 bits per heavy atom. The molecule has 0 saturated carbocycles. The van der Waals surface area contributed by atoms with Gasteiger partial charge < -0.3 is 4.98 Å². The van der Waals surface area contributed by atoms with E-state index in [9.17, 15) is 0 Å². The van der Waals surface area contributed by atoms with Crippen LogP contribution in [0.1, 0.15) is 5.82 Å². The molecule has 11 heavy (non-hydrogen) atoms. The van der Waals surface area contributed by atoms with Crippen molar-refractivity contribution in [3.63, 3.8) is 0 Å². The molecule has 54 valence electrons. The molecule has 0 unspecified atom stereocenters. The number of fused-ring (bicyclic) bond motifs is 1. The molecule has 4 heteroatoms. The van der Waals surface area contributed by atoms with Crippen molar-refractivity contribution >= 4 is 17.2 Å². The molecule has 0 aliphatic carbocycles. The molecule has 2 aromatic heterocycles. The summed E-state index contributed by atoms with van der Waals surface area (Å²) in [5.41, 5.74) is 1.51. The smallest absolute Gasteiger partial charge is 0.181 e. The maximum Gasteiger partial charge on any atom is 0.181 e. The van der Waals surface area contributed by atoms with Gasteiger partial charge in [0.1, 0.15) is 17.7 Å². The summed E-state index contributed by atoms with van der Waals surface area (Å²) in [6.07, 6.45) is 4.79. The third-order valence-corrected chi connectivity index (χ3v) is 1.37. The van der Waals surface area contributed by atoms with Gasteiger partial charge in [0, 0.05) is 0 Å². The van der Waals surface area contributed by atoms with Crippen molar-refractivity contribution in [3.8, 4) is 0 Å². The van der Waals surface area contributed by atoms with E-state index in [0.717, 1.165) is 11.3 Å². The van der Waals surface area contributed by atoms with Gasteiger partial charge in [-0.05, 0) is 6.08 Å². The first-order chi connectivity index (χ1) is 5.40. The van der Waals surface area contributed by atoms with Crippen LogP contribution in [-0.4, -0.2) is 19.9 Å². The van der Waals surface area contributed by atoms with Crippen molar-refractivity contribution < 1.29 is 0 Å². The van der Waals surface area contributed by atoms with E-state index in [1.807, 2.05) is 0 Å². The molecule has 4 nitrogen and oxygen atoms in total. The molecule has 1 N–H and O–H groups in total. The van der Waals surface area contributed by atoms with Gasteiger partial charge in [-0.2, -0.15) is 0 Å². The molecular formula is C7H6N4. The summed E-state index contributed by atoms with van der Waals surface area (Å²) in [5.74, 6) is 0.723. The number of rotatable bonds is 1. The minimum Gasteiger partial charge on any atom is -0.336 e. The highest BCUT2D eigenvalue weighted by Crippen LogP contribution is 2.05. The van der Waals surface area contributed by atoms with Crippen LogP contribution in [0, 0.1) is 0 Å². The first-order valence-corrected chi connectivity index (χ1v) is 3.18. The van der Waals surface area contributed by atoms with Crippen molar-refractivity contribution in [2.24, 2.45) is 0 Å². The number of H-pyrrole nitrogens is 1. The number of hydrogen-bond acceptors (Lipinski definition) is 3. The topological polar surface area (TPSA) is 54.5 Å². The predicted octanol–water partition coefficient (Wildman–Crippen LogP) is 0.996. The normalized spacial score (nSPS) is 10.2. The lowest BCUT2D eigenvalue weighted by Gasteiger charge is -1.80. The molecule has 2 rings (SSSR count). The van der Waals surface area contributed by atoms with E-state index < -0.39 is 0 Å². The fraction of sp³-hybridized carbons (Fsp3) is 0. The molecule has 0 aliphatic heterocycles. The average Bonchev–Trinajstić information content (AvgIpc) is 2.46. The predicted molar refractivity (Wildman–Crippen MR) is 41.8 cm³/mol. The molecule has 2 heterocycles. The van der Waals surface area contributed by atoms with Gasteiger partial charge in [0.15, 0.2) is 5.65 Å². The molecule has 2 aromatic rings. The largest absolute Gasteiger partial charge is 0.336 e. The van der Waals surface area contributed by atoms with E-state index in [1.165, 1.54) is 6.33 Å². The molecular weight excluding hydrogens is 140 g/mol. The van der Waals surface area contributed by atoms with E-state index in [1.54, 1.807) is 12.3 Å². The van der Waals surface area contributed by atoms with E-state index >= 15 is 0 Å². The van der Waals surface area contributed by atoms with Crippen molar-refractivity contribution in [1.29, 1.82) is 0 Å². The van der Waals surface area contributed by atoms with Crippen LogP contribution in [0.15, 0.2) is 19.1 Å². The van der Waals surface area contributed by atoms with Gasteiger partial charge in [0.2, 0.25) is 0 Å². The molecule has 0 spiro atoms. The Labute approximate surface area is 63.0 Å². The molecule has 0 aliphatic rings. The summed E-state index contributed by atoms with van der Waals surface area (Å²) < 4.78 is 0. The zero-order valence-corrected chi connectivity index (χ0v) is 5.78. The van der Waals surface area contributed by atoms with Crippen LogP contribution in [0.5, 0.6) is 0 Å². The molecule has 0 atom stereocenters. The summed E-state index contributed by atoms with van der Waals surface area (Å²) in [6, 6.07) is 0. The lowest BCUT2D eigenvalue weighted by molar-refractivity contribution is 1.20. The van der Waals surface area contributed by atoms with Crippen LogP contribution in [0.2, 0.25) is 0 Å². The fourth-order valence-electron chi connectivity index (χ4n) is 0.877. The van der Waals surface area contributed by atoms with Gasteiger partial charge in [0.05, 0.1) is 6.20 Å². The SMILES string of the molecule is C=Cc1nc2ncncc2[nH]1. The minimum atomic E-state index is 0.676. The van der Waals surface area contributed by atoms with Gasteiger partial charge in [-0.25, -0.2) is 15.0 Å². The Balaban J connectivity index is 2.78. The summed E-state index contributed by atoms with van der Waals surface area (Å²) in [5, 5.41) is 0. The molecule has 0 bridgehead atoms. The van der Waals surface area contributed by atoms with Crippen LogP contribution in [0.25, 0.3) is 17.2 Å². The monoisotopic (exact) mass is 146 g/mol. The first-order valence-electron chi connectivity index (χ1n) is 3.18. The summed E-state index contributed by atoms with van der Waals surface area (Å²) >= 11 is 0. The maximum absolute atomic E-state index is 4.11. The lowest BCUT2D eigenvalue weighted by Crippen LogP contribution is -1.76. The van der Waals surface area contributed by atoms with Crippen LogP contribution in [-0.2, 0) is 0 Å². The molecule has 0 saturated heterocycles. The van der Waals surface area contributed by atoms with Crippen molar-refractivity contribution in [2.45, 2.75) is 0 Å². The highest BCUT2D eigenvalue weighted by Gasteiger charge is 1.97. The highest BCUT2D eigenvalue weighted by atomic mass is 15.0. The second kappa shape index (κ2) is 2.16. The molecule has 0 radical (unpaired) electrons. The number of nitrogens with zero attached hydrogens (tertiary/aromatic N) is 3. The zero-order chi connectivity index (χ0) is 7.68. The zero-order valence-electron chi connectivity index (χ0n) is 5.78. The summed E-state index contributed by atoms with van der Waals surface area (Å²) in [7, 11) is 0. The van der Waals surface area contributed by atoms with Crippen LogP contribution < -0.4 is 0 Å². The van der Waals surface area contributed by atoms with E-state index in [-0.39, 0.29) is 0 Å². The number of nitrogens with one attached hydrogen (secondary N) is 1. The first kappa shape index (κ1) is 6.03. The Hall–Kier alpha value is -1.71. The van der Waals surface area contributed by atoms with Crippen LogP contribution >= 0.6 is 0 Å². The number of aromatic amines is 1. The number of hydrogen-bond donors (Lipinski definition) is 1. The minimum absolute atomic E-state index is 0.676. The Bertz CT molecular complexity index is 357. The quantitative estimate of drug-likeness (QED) is 0.652. The van der Waals surface area contributed by atoms with Crippen molar-refractivity contribution in [2.75, 3.05) is 0 Å². The third kappa shape index (κ3) is 0.881. The van der Waals surface area contributed by atoms with Crippen LogP contribution in [0.4, 0.5) is 0 Å². The highest BCUT2D eigenvalue weighted by molar-refractivity contribution is 5.70. The van der Waals surface area contributed by atoms with Gasteiger partial charge in [-0.3, -0.25) is 0 Å². The molecule has 0 amide bonds. The Morgan fingerprint density at radius 1 is 1.55 bits per heavy atom. The number of imidazole rings is 1. The molecule has 0 aromatic carbocycles. The maximum atomic E-state index is 4.11.